The van der Waals surface area contributed by atoms with E-state index in [4.69, 9.17) is 16.3 Å². The maximum Gasteiger partial charge on any atom is 0.227 e. The zero-order valence-electron chi connectivity index (χ0n) is 17.6. The third-order valence-corrected chi connectivity index (χ3v) is 5.82. The smallest absolute Gasteiger partial charge is 0.227 e. The molecule has 2 aromatic carbocycles. The predicted molar refractivity (Wildman–Crippen MR) is 124 cm³/mol. The second-order valence-electron chi connectivity index (χ2n) is 7.54. The molecular weight excluding hydrogens is 426 g/mol. The first kappa shape index (κ1) is 21.6. The number of methoxy groups -OCH3 is 1. The van der Waals surface area contributed by atoms with Crippen LogP contribution in [0.5, 0.6) is 5.75 Å². The van der Waals surface area contributed by atoms with Gasteiger partial charge in [0.15, 0.2) is 0 Å². The molecule has 1 amide bonds. The Morgan fingerprint density at radius 1 is 1.16 bits per heavy atom. The Balaban J connectivity index is 1.40. The van der Waals surface area contributed by atoms with E-state index >= 15 is 0 Å². The minimum atomic E-state index is -0.139. The molecule has 1 N–H and O–H groups in total. The van der Waals surface area contributed by atoms with Gasteiger partial charge in [0.05, 0.1) is 24.1 Å². The predicted octanol–water partition coefficient (Wildman–Crippen LogP) is 4.53. The summed E-state index contributed by atoms with van der Waals surface area (Å²) in [6.07, 6.45) is 2.95. The molecule has 0 aliphatic carbocycles. The van der Waals surface area contributed by atoms with Gasteiger partial charge in [0, 0.05) is 35.7 Å². The van der Waals surface area contributed by atoms with Crippen LogP contribution in [0.3, 0.4) is 0 Å². The van der Waals surface area contributed by atoms with Gasteiger partial charge in [0.25, 0.3) is 0 Å². The number of ether oxygens (including phenoxy) is 1. The average Bonchev–Trinajstić information content (AvgIpc) is 2.84. The van der Waals surface area contributed by atoms with Crippen molar-refractivity contribution in [3.05, 3.63) is 65.4 Å². The minimum Gasteiger partial charge on any atom is -0.497 e. The maximum absolute atomic E-state index is 12.8. The van der Waals surface area contributed by atoms with Crippen molar-refractivity contribution in [1.29, 1.82) is 5.26 Å². The molecule has 0 bridgehead atoms. The molecule has 1 aromatic heterocycles. The summed E-state index contributed by atoms with van der Waals surface area (Å²) in [6, 6.07) is 16.6. The fraction of sp³-hybridized carbons (Fsp3) is 0.250. The quantitative estimate of drug-likeness (QED) is 0.617. The normalized spacial score (nSPS) is 14.0. The molecule has 1 aliphatic rings. The number of piperidine rings is 1. The number of nitrogens with zero attached hydrogens (tertiary/aromatic N) is 4. The van der Waals surface area contributed by atoms with Crippen molar-refractivity contribution in [3.63, 3.8) is 0 Å². The van der Waals surface area contributed by atoms with Gasteiger partial charge in [-0.25, -0.2) is 9.97 Å². The van der Waals surface area contributed by atoms with Crippen molar-refractivity contribution in [2.75, 3.05) is 30.4 Å². The largest absolute Gasteiger partial charge is 0.497 e. The Kier molecular flexibility index (Phi) is 6.52. The van der Waals surface area contributed by atoms with Crippen molar-refractivity contribution in [1.82, 2.24) is 9.97 Å². The highest BCUT2D eigenvalue weighted by atomic mass is 35.5. The van der Waals surface area contributed by atoms with Crippen LogP contribution in [0.25, 0.3) is 11.3 Å². The molecule has 0 unspecified atom stereocenters. The Morgan fingerprint density at radius 3 is 2.59 bits per heavy atom. The first-order valence-corrected chi connectivity index (χ1v) is 10.7. The van der Waals surface area contributed by atoms with Crippen LogP contribution in [0.4, 0.5) is 11.5 Å². The molecule has 3 aromatic rings. The van der Waals surface area contributed by atoms with E-state index < -0.39 is 0 Å². The Bertz CT molecular complexity index is 1150. The van der Waals surface area contributed by atoms with Crippen LogP contribution in [-0.4, -0.2) is 36.1 Å². The van der Waals surface area contributed by atoms with Crippen LogP contribution in [0.15, 0.2) is 54.9 Å². The van der Waals surface area contributed by atoms with Crippen LogP contribution in [-0.2, 0) is 4.79 Å². The number of nitrogens with one attached hydrogen (secondary N) is 1. The van der Waals surface area contributed by atoms with Gasteiger partial charge in [-0.1, -0.05) is 11.6 Å². The summed E-state index contributed by atoms with van der Waals surface area (Å²) >= 11 is 6.02. The first-order chi connectivity index (χ1) is 15.6. The zero-order chi connectivity index (χ0) is 22.5. The zero-order valence-corrected chi connectivity index (χ0v) is 18.3. The van der Waals surface area contributed by atoms with Crippen molar-refractivity contribution < 1.29 is 9.53 Å². The number of carbonyl (C=O) groups excluding carboxylic acids is 1. The van der Waals surface area contributed by atoms with E-state index in [0.29, 0.717) is 42.2 Å². The van der Waals surface area contributed by atoms with Gasteiger partial charge >= 0.3 is 0 Å². The number of aromatic nitrogens is 2. The molecule has 1 aliphatic heterocycles. The van der Waals surface area contributed by atoms with Crippen molar-refractivity contribution in [2.24, 2.45) is 5.92 Å². The number of hydrogen-bond donors (Lipinski definition) is 1. The average molecular weight is 448 g/mol. The summed E-state index contributed by atoms with van der Waals surface area (Å²) < 4.78 is 5.21. The molecule has 4 rings (SSSR count). The van der Waals surface area contributed by atoms with Crippen molar-refractivity contribution in [3.8, 4) is 23.1 Å². The molecule has 0 atom stereocenters. The summed E-state index contributed by atoms with van der Waals surface area (Å²) in [6.45, 7) is 1.41. The van der Waals surface area contributed by atoms with Gasteiger partial charge in [-0.05, 0) is 55.3 Å². The lowest BCUT2D eigenvalue weighted by Gasteiger charge is -2.32. The molecule has 8 heteroatoms. The van der Waals surface area contributed by atoms with Gasteiger partial charge in [0.1, 0.15) is 24.0 Å². The van der Waals surface area contributed by atoms with E-state index in [1.54, 1.807) is 31.6 Å². The minimum absolute atomic E-state index is 0.0926. The first-order valence-electron chi connectivity index (χ1n) is 10.3. The van der Waals surface area contributed by atoms with Crippen LogP contribution in [0.1, 0.15) is 18.4 Å². The summed E-state index contributed by atoms with van der Waals surface area (Å²) in [7, 11) is 1.64. The van der Waals surface area contributed by atoms with Gasteiger partial charge in [0.2, 0.25) is 5.91 Å². The van der Waals surface area contributed by atoms with Gasteiger partial charge in [-0.15, -0.1) is 0 Å². The summed E-state index contributed by atoms with van der Waals surface area (Å²) in [5.41, 5.74) is 2.67. The van der Waals surface area contributed by atoms with E-state index in [0.717, 1.165) is 22.8 Å². The van der Waals surface area contributed by atoms with Gasteiger partial charge in [-0.2, -0.15) is 5.26 Å². The van der Waals surface area contributed by atoms with Crippen molar-refractivity contribution in [2.45, 2.75) is 12.8 Å². The molecule has 32 heavy (non-hydrogen) atoms. The molecule has 1 saturated heterocycles. The monoisotopic (exact) mass is 447 g/mol. The molecule has 162 valence electrons. The van der Waals surface area contributed by atoms with E-state index in [1.807, 2.05) is 30.3 Å². The van der Waals surface area contributed by atoms with Gasteiger partial charge in [-0.3, -0.25) is 4.79 Å². The molecule has 7 nitrogen and oxygen atoms in total. The number of rotatable bonds is 5. The number of halogens is 1. The van der Waals surface area contributed by atoms with Crippen LogP contribution in [0.2, 0.25) is 5.02 Å². The van der Waals surface area contributed by atoms with Crippen LogP contribution >= 0.6 is 11.6 Å². The van der Waals surface area contributed by atoms with Crippen LogP contribution < -0.4 is 15.0 Å². The molecule has 0 radical (unpaired) electrons. The Hall–Kier alpha value is -3.63. The number of anilines is 2. The lowest BCUT2D eigenvalue weighted by molar-refractivity contribution is -0.120. The summed E-state index contributed by atoms with van der Waals surface area (Å²) in [4.78, 5) is 23.8. The summed E-state index contributed by atoms with van der Waals surface area (Å²) in [5.74, 6) is 1.40. The third-order valence-electron chi connectivity index (χ3n) is 5.59. The second-order valence-corrected chi connectivity index (χ2v) is 7.98. The highest BCUT2D eigenvalue weighted by Gasteiger charge is 2.26. The molecule has 1 fully saturated rings. The second kappa shape index (κ2) is 9.67. The fourth-order valence-electron chi connectivity index (χ4n) is 3.76. The number of benzene rings is 2. The number of hydrogen-bond acceptors (Lipinski definition) is 6. The third kappa shape index (κ3) is 4.82. The maximum atomic E-state index is 12.8. The number of amides is 1. The molecule has 0 saturated carbocycles. The number of carbonyl (C=O) groups is 1. The Labute approximate surface area is 191 Å². The lowest BCUT2D eigenvalue weighted by atomic mass is 9.95. The van der Waals surface area contributed by atoms with Crippen LogP contribution in [0, 0.1) is 17.2 Å². The number of nitriles is 1. The fourth-order valence-corrected chi connectivity index (χ4v) is 3.93. The SMILES string of the molecule is COc1ccc(-c2cc(N3CCC(C(=O)Nc4cc(Cl)ccc4C#N)CC3)ncn2)cc1. The standard InChI is InChI=1S/C24H22ClN5O2/c1-32-20-6-3-16(4-7-20)21-13-23(28-15-27-21)30-10-8-17(9-11-30)24(31)29-22-12-19(25)5-2-18(22)14-26/h2-7,12-13,15,17H,8-11H2,1H3,(H,29,31). The molecule has 2 heterocycles. The molecule has 0 spiro atoms. The van der Waals surface area contributed by atoms with E-state index in [9.17, 15) is 10.1 Å². The lowest BCUT2D eigenvalue weighted by Crippen LogP contribution is -2.38. The van der Waals surface area contributed by atoms with E-state index in [-0.39, 0.29) is 11.8 Å². The topological polar surface area (TPSA) is 91.1 Å². The van der Waals surface area contributed by atoms with E-state index in [2.05, 4.69) is 26.3 Å². The highest BCUT2D eigenvalue weighted by molar-refractivity contribution is 6.31. The Morgan fingerprint density at radius 2 is 1.91 bits per heavy atom. The highest BCUT2D eigenvalue weighted by Crippen LogP contribution is 2.27. The summed E-state index contributed by atoms with van der Waals surface area (Å²) in [5, 5.41) is 12.6. The van der Waals surface area contributed by atoms with E-state index in [1.165, 1.54) is 0 Å². The van der Waals surface area contributed by atoms with Gasteiger partial charge < -0.3 is 15.0 Å². The molecular formula is C24H22ClN5O2. The van der Waals surface area contributed by atoms with Crippen molar-refractivity contribution >= 4 is 29.0 Å².